The number of piperidine rings is 1. The Balaban J connectivity index is 2.06. The number of likely N-dealkylation sites (tertiary alicyclic amines) is 1. The summed E-state index contributed by atoms with van der Waals surface area (Å²) in [7, 11) is 3.16. The first-order valence-electron chi connectivity index (χ1n) is 8.00. The van der Waals surface area contributed by atoms with Crippen LogP contribution in [0.25, 0.3) is 0 Å². The number of nitrogens with zero attached hydrogens (tertiary/aromatic N) is 2. The fourth-order valence-electron chi connectivity index (χ4n) is 2.88. The van der Waals surface area contributed by atoms with Crippen molar-refractivity contribution in [2.45, 2.75) is 25.9 Å². The molecule has 3 N–H and O–H groups in total. The molecule has 6 nitrogen and oxygen atoms in total. The Morgan fingerprint density at radius 3 is 2.87 bits per heavy atom. The van der Waals surface area contributed by atoms with Gasteiger partial charge < -0.3 is 25.2 Å². The third-order valence-electron chi connectivity index (χ3n) is 4.20. The monoisotopic (exact) mass is 321 g/mol. The van der Waals surface area contributed by atoms with Crippen molar-refractivity contribution in [3.05, 3.63) is 23.8 Å². The van der Waals surface area contributed by atoms with Crippen LogP contribution < -0.4 is 15.2 Å². The van der Waals surface area contributed by atoms with Crippen molar-refractivity contribution in [1.82, 2.24) is 4.90 Å². The maximum absolute atomic E-state index is 10.4. The molecule has 1 aromatic carbocycles. The van der Waals surface area contributed by atoms with Gasteiger partial charge in [-0.15, -0.1) is 0 Å². The highest BCUT2D eigenvalue weighted by Gasteiger charge is 2.19. The SMILES string of the molecule is COc1ccc(OC)c(C(O)CN=C(N)N2CCCC(C)C2)c1. The second-order valence-electron chi connectivity index (χ2n) is 6.02. The first-order valence-corrected chi connectivity index (χ1v) is 8.00. The van der Waals surface area contributed by atoms with Crippen LogP contribution in [-0.2, 0) is 0 Å². The van der Waals surface area contributed by atoms with Crippen molar-refractivity contribution in [2.75, 3.05) is 33.9 Å². The Kier molecular flexibility index (Phi) is 6.10. The van der Waals surface area contributed by atoms with Crippen LogP contribution >= 0.6 is 0 Å². The normalized spacial score (nSPS) is 20.3. The molecule has 2 atom stereocenters. The highest BCUT2D eigenvalue weighted by Crippen LogP contribution is 2.29. The Morgan fingerprint density at radius 1 is 1.43 bits per heavy atom. The zero-order valence-electron chi connectivity index (χ0n) is 14.2. The molecule has 1 fully saturated rings. The second kappa shape index (κ2) is 8.06. The smallest absolute Gasteiger partial charge is 0.191 e. The van der Waals surface area contributed by atoms with Gasteiger partial charge in [-0.05, 0) is 37.0 Å². The molecule has 1 aromatic rings. The lowest BCUT2D eigenvalue weighted by atomic mass is 10.0. The number of rotatable bonds is 5. The zero-order chi connectivity index (χ0) is 16.8. The number of guanidine groups is 1. The minimum Gasteiger partial charge on any atom is -0.497 e. The summed E-state index contributed by atoms with van der Waals surface area (Å²) < 4.78 is 10.5. The van der Waals surface area contributed by atoms with Gasteiger partial charge in [0.1, 0.15) is 17.6 Å². The highest BCUT2D eigenvalue weighted by molar-refractivity contribution is 5.78. The van der Waals surface area contributed by atoms with Crippen molar-refractivity contribution in [3.8, 4) is 11.5 Å². The van der Waals surface area contributed by atoms with Gasteiger partial charge in [-0.25, -0.2) is 0 Å². The van der Waals surface area contributed by atoms with E-state index in [9.17, 15) is 5.11 Å². The molecule has 0 bridgehead atoms. The first-order chi connectivity index (χ1) is 11.0. The highest BCUT2D eigenvalue weighted by atomic mass is 16.5. The largest absolute Gasteiger partial charge is 0.497 e. The summed E-state index contributed by atoms with van der Waals surface area (Å²) in [5.41, 5.74) is 6.72. The molecule has 0 spiro atoms. The fraction of sp³-hybridized carbons (Fsp3) is 0.588. The van der Waals surface area contributed by atoms with E-state index in [0.29, 0.717) is 28.9 Å². The third-order valence-corrected chi connectivity index (χ3v) is 4.20. The van der Waals surface area contributed by atoms with Crippen LogP contribution in [-0.4, -0.2) is 49.8 Å². The zero-order valence-corrected chi connectivity index (χ0v) is 14.2. The molecule has 1 aliphatic heterocycles. The van der Waals surface area contributed by atoms with Gasteiger partial charge in [0.05, 0.1) is 20.8 Å². The van der Waals surface area contributed by atoms with E-state index in [4.69, 9.17) is 15.2 Å². The Bertz CT molecular complexity index is 548. The lowest BCUT2D eigenvalue weighted by molar-refractivity contribution is 0.181. The summed E-state index contributed by atoms with van der Waals surface area (Å²) in [5, 5.41) is 10.4. The Morgan fingerprint density at radius 2 is 2.22 bits per heavy atom. The molecule has 0 radical (unpaired) electrons. The van der Waals surface area contributed by atoms with Crippen LogP contribution in [0, 0.1) is 5.92 Å². The van der Waals surface area contributed by atoms with Crippen LogP contribution in [0.3, 0.4) is 0 Å². The molecule has 1 saturated heterocycles. The van der Waals surface area contributed by atoms with Crippen LogP contribution in [0.4, 0.5) is 0 Å². The molecule has 1 aliphatic rings. The molecule has 2 rings (SSSR count). The van der Waals surface area contributed by atoms with E-state index in [1.807, 2.05) is 0 Å². The van der Waals surface area contributed by atoms with E-state index in [-0.39, 0.29) is 6.54 Å². The summed E-state index contributed by atoms with van der Waals surface area (Å²) >= 11 is 0. The number of benzene rings is 1. The van der Waals surface area contributed by atoms with Crippen molar-refractivity contribution >= 4 is 5.96 Å². The molecule has 0 aromatic heterocycles. The van der Waals surface area contributed by atoms with Gasteiger partial charge in [0.25, 0.3) is 0 Å². The number of aliphatic hydroxyl groups is 1. The van der Waals surface area contributed by atoms with Crippen molar-refractivity contribution in [1.29, 1.82) is 0 Å². The average molecular weight is 321 g/mol. The van der Waals surface area contributed by atoms with E-state index in [2.05, 4.69) is 16.8 Å². The molecule has 23 heavy (non-hydrogen) atoms. The molecule has 128 valence electrons. The lowest BCUT2D eigenvalue weighted by Gasteiger charge is -2.31. The Labute approximate surface area is 137 Å². The van der Waals surface area contributed by atoms with Crippen LogP contribution in [0.1, 0.15) is 31.4 Å². The lowest BCUT2D eigenvalue weighted by Crippen LogP contribution is -2.43. The van der Waals surface area contributed by atoms with Crippen molar-refractivity contribution in [2.24, 2.45) is 16.6 Å². The van der Waals surface area contributed by atoms with Gasteiger partial charge in [0, 0.05) is 18.7 Å². The van der Waals surface area contributed by atoms with Gasteiger partial charge in [-0.2, -0.15) is 0 Å². The van der Waals surface area contributed by atoms with E-state index in [1.165, 1.54) is 6.42 Å². The van der Waals surface area contributed by atoms with E-state index in [1.54, 1.807) is 32.4 Å². The van der Waals surface area contributed by atoms with Gasteiger partial charge in [0.15, 0.2) is 5.96 Å². The van der Waals surface area contributed by atoms with E-state index in [0.717, 1.165) is 19.5 Å². The number of aliphatic imine (C=N–C) groups is 1. The molecule has 0 amide bonds. The number of aliphatic hydroxyl groups excluding tert-OH is 1. The summed E-state index contributed by atoms with van der Waals surface area (Å²) in [5.74, 6) is 2.40. The van der Waals surface area contributed by atoms with Crippen LogP contribution in [0.15, 0.2) is 23.2 Å². The van der Waals surface area contributed by atoms with Crippen molar-refractivity contribution < 1.29 is 14.6 Å². The predicted octanol–water partition coefficient (Wildman–Crippen LogP) is 1.78. The van der Waals surface area contributed by atoms with Gasteiger partial charge in [0.2, 0.25) is 0 Å². The molecule has 0 aliphatic carbocycles. The molecule has 6 heteroatoms. The first kappa shape index (κ1) is 17.4. The minimum absolute atomic E-state index is 0.195. The number of hydrogen-bond donors (Lipinski definition) is 2. The second-order valence-corrected chi connectivity index (χ2v) is 6.02. The summed E-state index contributed by atoms with van der Waals surface area (Å²) in [6, 6.07) is 5.33. The van der Waals surface area contributed by atoms with Gasteiger partial charge in [-0.3, -0.25) is 4.99 Å². The molecule has 1 heterocycles. The number of hydrogen-bond acceptors (Lipinski definition) is 4. The molecular weight excluding hydrogens is 294 g/mol. The topological polar surface area (TPSA) is 80.3 Å². The number of nitrogens with two attached hydrogens (primary N) is 1. The quantitative estimate of drug-likeness (QED) is 0.638. The summed E-state index contributed by atoms with van der Waals surface area (Å²) in [4.78, 5) is 6.45. The van der Waals surface area contributed by atoms with Gasteiger partial charge in [-0.1, -0.05) is 6.92 Å². The maximum Gasteiger partial charge on any atom is 0.191 e. The number of ether oxygens (including phenoxy) is 2. The van der Waals surface area contributed by atoms with Crippen LogP contribution in [0.2, 0.25) is 0 Å². The van der Waals surface area contributed by atoms with Crippen molar-refractivity contribution in [3.63, 3.8) is 0 Å². The van der Waals surface area contributed by atoms with E-state index < -0.39 is 6.10 Å². The van der Waals surface area contributed by atoms with Gasteiger partial charge >= 0.3 is 0 Å². The summed E-state index contributed by atoms with van der Waals surface area (Å²) in [6.45, 7) is 4.27. The molecular formula is C17H27N3O3. The Hall–Kier alpha value is -1.95. The average Bonchev–Trinajstić information content (AvgIpc) is 2.58. The molecule has 0 saturated carbocycles. The predicted molar refractivity (Wildman–Crippen MR) is 91.0 cm³/mol. The third kappa shape index (κ3) is 4.51. The van der Waals surface area contributed by atoms with Crippen LogP contribution in [0.5, 0.6) is 11.5 Å². The number of methoxy groups -OCH3 is 2. The van der Waals surface area contributed by atoms with E-state index >= 15 is 0 Å². The summed E-state index contributed by atoms with van der Waals surface area (Å²) in [6.07, 6.45) is 1.57. The molecule has 2 unspecified atom stereocenters. The maximum atomic E-state index is 10.4. The standard InChI is InChI=1S/C17H27N3O3/c1-12-5-4-8-20(11-12)17(18)19-10-15(21)14-9-13(22-2)6-7-16(14)23-3/h6-7,9,12,15,21H,4-5,8,10-11H2,1-3H3,(H2,18,19). The minimum atomic E-state index is -0.791. The fourth-order valence-corrected chi connectivity index (χ4v) is 2.88.